The highest BCUT2D eigenvalue weighted by atomic mass is 35.5. The number of rotatable bonds is 0. The Morgan fingerprint density at radius 1 is 1.86 bits per heavy atom. The molecule has 0 heterocycles. The molecule has 0 saturated heterocycles. The van der Waals surface area contributed by atoms with E-state index in [9.17, 15) is 0 Å². The van der Waals surface area contributed by atoms with Crippen molar-refractivity contribution in [3.8, 4) is 0 Å². The van der Waals surface area contributed by atoms with E-state index in [2.05, 4.69) is 18.2 Å². The molecule has 42 valence electrons. The fraction of sp³-hybridized carbons (Fsp3) is 0. The maximum absolute atomic E-state index is 8.77. The second-order valence-electron chi connectivity index (χ2n) is 0.407. The van der Waals surface area contributed by atoms with Gasteiger partial charge in [0.05, 0.1) is 0 Å². The van der Waals surface area contributed by atoms with Gasteiger partial charge in [-0.25, -0.2) is 4.79 Å². The molecule has 0 aromatic carbocycles. The Hall–Kier alpha value is -0.210. The summed E-state index contributed by atoms with van der Waals surface area (Å²) < 4.78 is 0. The molecule has 0 aliphatic carbocycles. The van der Waals surface area contributed by atoms with Crippen molar-refractivity contribution >= 4 is 28.6 Å². The molecule has 0 bridgehead atoms. The number of hydrogen-bond acceptors (Lipinski definition) is 1. The largest absolute Gasteiger partial charge is 0.469 e. The van der Waals surface area contributed by atoms with E-state index in [-0.39, 0.29) is 0 Å². The zero-order valence-electron chi connectivity index (χ0n) is 3.40. The number of carboxylic acid groups (broad SMARTS) is 1. The van der Waals surface area contributed by atoms with E-state index in [1.54, 1.807) is 0 Å². The lowest BCUT2D eigenvalue weighted by molar-refractivity contribution is 0.220. The van der Waals surface area contributed by atoms with Crippen LogP contribution in [0.2, 0.25) is 0 Å². The predicted octanol–water partition coefficient (Wildman–Crippen LogP) is 2.27. The Morgan fingerprint density at radius 3 is 1.86 bits per heavy atom. The van der Waals surface area contributed by atoms with Gasteiger partial charge in [0.2, 0.25) is 0 Å². The number of carbonyl (C=O) groups is 1. The molecule has 0 amide bonds. The fourth-order valence-electron chi connectivity index (χ4n) is 0. The molecule has 7 heavy (non-hydrogen) atoms. The molecule has 2 nitrogen and oxygen atoms in total. The van der Waals surface area contributed by atoms with E-state index in [4.69, 9.17) is 21.5 Å². The predicted molar refractivity (Wildman–Crippen MR) is 29.9 cm³/mol. The molecule has 0 saturated carbocycles. The van der Waals surface area contributed by atoms with Gasteiger partial charge in [0.1, 0.15) is 0 Å². The highest BCUT2D eigenvalue weighted by Crippen LogP contribution is 1.67. The summed E-state index contributed by atoms with van der Waals surface area (Å²) in [5, 5.41) is 7.18. The van der Waals surface area contributed by atoms with E-state index in [1.807, 2.05) is 0 Å². The molecule has 0 spiro atoms. The van der Waals surface area contributed by atoms with E-state index >= 15 is 0 Å². The van der Waals surface area contributed by atoms with Crippen molar-refractivity contribution in [2.45, 2.75) is 0 Å². The zero-order valence-corrected chi connectivity index (χ0v) is 4.91. The van der Waals surface area contributed by atoms with Crippen LogP contribution in [0, 0.1) is 0 Å². The van der Waals surface area contributed by atoms with Crippen molar-refractivity contribution in [1.29, 1.82) is 0 Å². The minimum absolute atomic E-state index is 1.22. The van der Waals surface area contributed by atoms with Crippen molar-refractivity contribution in [1.82, 2.24) is 0 Å². The van der Waals surface area contributed by atoms with Crippen LogP contribution in [0.15, 0.2) is 12.1 Å². The van der Waals surface area contributed by atoms with Gasteiger partial charge in [0, 0.05) is 11.6 Å². The third-order valence-corrected chi connectivity index (χ3v) is 0. The van der Waals surface area contributed by atoms with Gasteiger partial charge in [-0.05, 0) is 5.54 Å². The average Bonchev–Trinajstić information content (AvgIpc) is 1.33. The summed E-state index contributed by atoms with van der Waals surface area (Å²) in [6.07, 6.45) is 0. The summed E-state index contributed by atoms with van der Waals surface area (Å²) in [7, 11) is 0. The van der Waals surface area contributed by atoms with E-state index in [0.29, 0.717) is 0 Å². The van der Waals surface area contributed by atoms with E-state index in [1.165, 1.54) is 5.54 Å². The maximum atomic E-state index is 8.77. The Bertz CT molecular complexity index is 58.0. The molecular weight excluding hydrogens is 139 g/mol. The van der Waals surface area contributed by atoms with Crippen LogP contribution in [-0.2, 0) is 0 Å². The number of hydrogen-bond donors (Lipinski definition) is 1. The Labute approximate surface area is 51.3 Å². The summed E-state index contributed by atoms with van der Waals surface area (Å²) in [6, 6.07) is 0. The SMILES string of the molecule is C=CCl.O=C(O)Cl. The molecule has 1 N–H and O–H groups in total. The lowest BCUT2D eigenvalue weighted by atomic mass is 11.3. The van der Waals surface area contributed by atoms with Crippen LogP contribution in [0.4, 0.5) is 4.79 Å². The maximum Gasteiger partial charge on any atom is 0.401 e. The molecule has 0 radical (unpaired) electrons. The van der Waals surface area contributed by atoms with Crippen molar-refractivity contribution in [3.63, 3.8) is 0 Å². The van der Waals surface area contributed by atoms with Crippen LogP contribution in [0.3, 0.4) is 0 Å². The molecule has 0 rings (SSSR count). The molecule has 0 aromatic heterocycles. The zero-order chi connectivity index (χ0) is 6.28. The first kappa shape index (κ1) is 9.92. The second-order valence-corrected chi connectivity index (χ2v) is 1.04. The summed E-state index contributed by atoms with van der Waals surface area (Å²) in [4.78, 5) is 8.77. The van der Waals surface area contributed by atoms with Gasteiger partial charge in [-0.3, -0.25) is 0 Å². The molecule has 0 aromatic rings. The smallest absolute Gasteiger partial charge is 0.401 e. The summed E-state index contributed by atoms with van der Waals surface area (Å²) in [5.41, 5.74) is -0.139. The summed E-state index contributed by atoms with van der Waals surface area (Å²) in [5.74, 6) is 0. The molecule has 0 unspecified atom stereocenters. The minimum atomic E-state index is -1.36. The van der Waals surface area contributed by atoms with Crippen molar-refractivity contribution in [2.24, 2.45) is 0 Å². The Balaban J connectivity index is 0. The summed E-state index contributed by atoms with van der Waals surface area (Å²) in [6.45, 7) is 3.13. The summed E-state index contributed by atoms with van der Waals surface area (Å²) >= 11 is 8.95. The third-order valence-electron chi connectivity index (χ3n) is 0. The van der Waals surface area contributed by atoms with Crippen molar-refractivity contribution in [2.75, 3.05) is 0 Å². The van der Waals surface area contributed by atoms with Gasteiger partial charge < -0.3 is 5.11 Å². The van der Waals surface area contributed by atoms with Crippen molar-refractivity contribution < 1.29 is 9.90 Å². The van der Waals surface area contributed by atoms with Crippen LogP contribution in [-0.4, -0.2) is 10.5 Å². The van der Waals surface area contributed by atoms with Gasteiger partial charge >= 0.3 is 5.43 Å². The lowest BCUT2D eigenvalue weighted by Gasteiger charge is -1.55. The van der Waals surface area contributed by atoms with Crippen LogP contribution >= 0.6 is 23.2 Å². The van der Waals surface area contributed by atoms with Crippen molar-refractivity contribution in [3.05, 3.63) is 12.1 Å². The normalized spacial score (nSPS) is 5.43. The minimum Gasteiger partial charge on any atom is -0.469 e. The molecule has 0 atom stereocenters. The Kier molecular flexibility index (Phi) is 13.1. The monoisotopic (exact) mass is 142 g/mol. The van der Waals surface area contributed by atoms with Gasteiger partial charge in [0.15, 0.2) is 0 Å². The topological polar surface area (TPSA) is 37.3 Å². The highest BCUT2D eigenvalue weighted by molar-refractivity contribution is 6.60. The first-order valence-corrected chi connectivity index (χ1v) is 2.06. The van der Waals surface area contributed by atoms with Gasteiger partial charge in [-0.15, -0.1) is 0 Å². The standard InChI is InChI=1S/C2H3Cl.CHClO2/c1-2-3;2-1(3)4/h2H,1H2;(H,3,4). The molecule has 0 aliphatic heterocycles. The third kappa shape index (κ3) is 1890. The van der Waals surface area contributed by atoms with Crippen LogP contribution in [0.5, 0.6) is 0 Å². The quantitative estimate of drug-likeness (QED) is 0.528. The van der Waals surface area contributed by atoms with Crippen LogP contribution < -0.4 is 0 Å². The first-order valence-electron chi connectivity index (χ1n) is 1.24. The second kappa shape index (κ2) is 9.25. The number of halogens is 2. The van der Waals surface area contributed by atoms with E-state index < -0.39 is 5.43 Å². The lowest BCUT2D eigenvalue weighted by Crippen LogP contribution is -1.66. The molecular formula is C3H4Cl2O2. The van der Waals surface area contributed by atoms with Gasteiger partial charge in [-0.2, -0.15) is 0 Å². The molecule has 0 aliphatic rings. The highest BCUT2D eigenvalue weighted by Gasteiger charge is 1.71. The molecule has 4 heteroatoms. The van der Waals surface area contributed by atoms with Crippen LogP contribution in [0.1, 0.15) is 0 Å². The average molecular weight is 143 g/mol. The van der Waals surface area contributed by atoms with Crippen LogP contribution in [0.25, 0.3) is 0 Å². The Morgan fingerprint density at radius 2 is 1.86 bits per heavy atom. The van der Waals surface area contributed by atoms with Gasteiger partial charge in [0.25, 0.3) is 0 Å². The fourth-order valence-corrected chi connectivity index (χ4v) is 0. The van der Waals surface area contributed by atoms with Gasteiger partial charge in [-0.1, -0.05) is 18.2 Å². The van der Waals surface area contributed by atoms with E-state index in [0.717, 1.165) is 0 Å². The molecule has 0 fully saturated rings. The first-order chi connectivity index (χ1) is 3.15.